The molecule has 26 heavy (non-hydrogen) atoms. The number of benzene rings is 1. The summed E-state index contributed by atoms with van der Waals surface area (Å²) in [6, 6.07) is 7.92. The molecule has 6 nitrogen and oxygen atoms in total. The third-order valence-corrected chi connectivity index (χ3v) is 4.45. The zero-order valence-corrected chi connectivity index (χ0v) is 15.1. The van der Waals surface area contributed by atoms with Gasteiger partial charge in [-0.2, -0.15) is 5.10 Å². The van der Waals surface area contributed by atoms with E-state index in [0.29, 0.717) is 22.9 Å². The molecule has 0 fully saturated rings. The maximum Gasteiger partial charge on any atom is 0.155 e. The minimum absolute atomic E-state index is 0.380. The molecule has 0 aliphatic rings. The summed E-state index contributed by atoms with van der Waals surface area (Å²) in [4.78, 5) is 13.1. The summed E-state index contributed by atoms with van der Waals surface area (Å²) in [5.74, 6) is 1.45. The molecule has 0 saturated carbocycles. The van der Waals surface area contributed by atoms with Gasteiger partial charge in [0.2, 0.25) is 0 Å². The molecule has 7 heteroatoms. The van der Waals surface area contributed by atoms with E-state index in [1.54, 1.807) is 24.2 Å². The summed E-state index contributed by atoms with van der Waals surface area (Å²) in [7, 11) is 3.56. The Morgan fingerprint density at radius 1 is 1.12 bits per heavy atom. The zero-order chi connectivity index (χ0) is 18.1. The van der Waals surface area contributed by atoms with Crippen LogP contribution >= 0.6 is 11.6 Å². The number of halogens is 1. The first-order valence-corrected chi connectivity index (χ1v) is 8.44. The largest absolute Gasteiger partial charge is 0.496 e. The fraction of sp³-hybridized carbons (Fsp3) is 0.158. The smallest absolute Gasteiger partial charge is 0.155 e. The summed E-state index contributed by atoms with van der Waals surface area (Å²) >= 11 is 6.15. The predicted octanol–water partition coefficient (Wildman–Crippen LogP) is 3.68. The molecule has 0 amide bonds. The van der Waals surface area contributed by atoms with Gasteiger partial charge in [0.15, 0.2) is 5.15 Å². The fourth-order valence-corrected chi connectivity index (χ4v) is 3.06. The molecular formula is C19H16ClN5O. The highest BCUT2D eigenvalue weighted by Crippen LogP contribution is 2.28. The van der Waals surface area contributed by atoms with Gasteiger partial charge in [-0.15, -0.1) is 0 Å². The van der Waals surface area contributed by atoms with Crippen molar-refractivity contribution in [1.29, 1.82) is 0 Å². The van der Waals surface area contributed by atoms with Gasteiger partial charge in [0, 0.05) is 48.6 Å². The number of methoxy groups -OCH3 is 1. The highest BCUT2D eigenvalue weighted by Gasteiger charge is 2.11. The van der Waals surface area contributed by atoms with Gasteiger partial charge >= 0.3 is 0 Å². The van der Waals surface area contributed by atoms with Gasteiger partial charge in [-0.1, -0.05) is 23.7 Å². The van der Waals surface area contributed by atoms with Gasteiger partial charge in [0.05, 0.1) is 13.3 Å². The second kappa shape index (κ2) is 6.72. The zero-order valence-electron chi connectivity index (χ0n) is 14.3. The summed E-state index contributed by atoms with van der Waals surface area (Å²) in [6.07, 6.45) is 7.75. The second-order valence-electron chi connectivity index (χ2n) is 5.93. The summed E-state index contributed by atoms with van der Waals surface area (Å²) in [5.41, 5.74) is 3.74. The molecule has 0 unspecified atom stereocenters. The standard InChI is InChI=1S/C19H16ClN5O/c1-25-11-15(10-23-25)12-3-4-13(16(7-12)26-2)8-17-22-9-14-5-6-21-19(20)18(14)24-17/h3-7,9-11H,8H2,1-2H3. The number of aryl methyl sites for hydroxylation is 1. The monoisotopic (exact) mass is 365 g/mol. The van der Waals surface area contributed by atoms with E-state index in [1.807, 2.05) is 43.7 Å². The van der Waals surface area contributed by atoms with Crippen LogP contribution in [0.4, 0.5) is 0 Å². The molecular weight excluding hydrogens is 350 g/mol. The molecule has 1 aromatic carbocycles. The van der Waals surface area contributed by atoms with Gasteiger partial charge < -0.3 is 4.74 Å². The van der Waals surface area contributed by atoms with E-state index in [1.165, 1.54) is 0 Å². The van der Waals surface area contributed by atoms with Crippen LogP contribution in [-0.2, 0) is 13.5 Å². The Hall–Kier alpha value is -2.99. The van der Waals surface area contributed by atoms with Crippen molar-refractivity contribution in [2.75, 3.05) is 7.11 Å². The first-order chi connectivity index (χ1) is 12.6. The van der Waals surface area contributed by atoms with Crippen molar-refractivity contribution in [2.45, 2.75) is 6.42 Å². The van der Waals surface area contributed by atoms with Crippen LogP contribution in [0, 0.1) is 0 Å². The van der Waals surface area contributed by atoms with Crippen LogP contribution in [-0.4, -0.2) is 31.8 Å². The molecule has 0 N–H and O–H groups in total. The van der Waals surface area contributed by atoms with E-state index in [-0.39, 0.29) is 0 Å². The van der Waals surface area contributed by atoms with Crippen LogP contribution < -0.4 is 4.74 Å². The Bertz CT molecular complexity index is 1090. The highest BCUT2D eigenvalue weighted by molar-refractivity contribution is 6.33. The first kappa shape index (κ1) is 16.5. The lowest BCUT2D eigenvalue weighted by atomic mass is 10.0. The Kier molecular flexibility index (Phi) is 4.26. The molecule has 4 aromatic rings. The summed E-state index contributed by atoms with van der Waals surface area (Å²) in [6.45, 7) is 0. The number of pyridine rings is 1. The maximum atomic E-state index is 6.15. The SMILES string of the molecule is COc1cc(-c2cnn(C)c2)ccc1Cc1ncc2ccnc(Cl)c2n1. The van der Waals surface area contributed by atoms with Crippen LogP contribution in [0.3, 0.4) is 0 Å². The van der Waals surface area contributed by atoms with Crippen LogP contribution in [0.25, 0.3) is 22.0 Å². The van der Waals surface area contributed by atoms with E-state index in [2.05, 4.69) is 20.1 Å². The van der Waals surface area contributed by atoms with E-state index in [9.17, 15) is 0 Å². The van der Waals surface area contributed by atoms with Crippen molar-refractivity contribution in [3.8, 4) is 16.9 Å². The molecule has 0 radical (unpaired) electrons. The molecule has 0 aliphatic heterocycles. The number of hydrogen-bond acceptors (Lipinski definition) is 5. The van der Waals surface area contributed by atoms with Crippen molar-refractivity contribution in [3.05, 3.63) is 65.6 Å². The maximum absolute atomic E-state index is 6.15. The average Bonchev–Trinajstić information content (AvgIpc) is 3.09. The number of ether oxygens (including phenoxy) is 1. The Morgan fingerprint density at radius 3 is 2.77 bits per heavy atom. The van der Waals surface area contributed by atoms with Crippen LogP contribution in [0.1, 0.15) is 11.4 Å². The van der Waals surface area contributed by atoms with Crippen LogP contribution in [0.5, 0.6) is 5.75 Å². The molecule has 0 atom stereocenters. The lowest BCUT2D eigenvalue weighted by Gasteiger charge is -2.10. The van der Waals surface area contributed by atoms with Crippen molar-refractivity contribution >= 4 is 22.5 Å². The van der Waals surface area contributed by atoms with Gasteiger partial charge in [0.1, 0.15) is 17.1 Å². The molecule has 130 valence electrons. The fourth-order valence-electron chi connectivity index (χ4n) is 2.85. The van der Waals surface area contributed by atoms with Gasteiger partial charge in [-0.05, 0) is 17.7 Å². The second-order valence-corrected chi connectivity index (χ2v) is 6.29. The molecule has 0 spiro atoms. The minimum atomic E-state index is 0.380. The Labute approximate surface area is 155 Å². The molecule has 3 heterocycles. The number of rotatable bonds is 4. The number of nitrogens with zero attached hydrogens (tertiary/aromatic N) is 5. The number of hydrogen-bond donors (Lipinski definition) is 0. The minimum Gasteiger partial charge on any atom is -0.496 e. The van der Waals surface area contributed by atoms with Gasteiger partial charge in [-0.3, -0.25) is 4.68 Å². The summed E-state index contributed by atoms with van der Waals surface area (Å²) in [5, 5.41) is 5.46. The average molecular weight is 366 g/mol. The quantitative estimate of drug-likeness (QED) is 0.516. The normalized spacial score (nSPS) is 11.0. The molecule has 0 aliphatic carbocycles. The molecule has 3 aromatic heterocycles. The van der Waals surface area contributed by atoms with Crippen molar-refractivity contribution < 1.29 is 4.74 Å². The lowest BCUT2D eigenvalue weighted by Crippen LogP contribution is -2.00. The Morgan fingerprint density at radius 2 is 2.00 bits per heavy atom. The van der Waals surface area contributed by atoms with E-state index < -0.39 is 0 Å². The molecule has 0 saturated heterocycles. The van der Waals surface area contributed by atoms with E-state index in [0.717, 1.165) is 27.8 Å². The molecule has 4 rings (SSSR count). The van der Waals surface area contributed by atoms with Gasteiger partial charge in [-0.25, -0.2) is 15.0 Å². The van der Waals surface area contributed by atoms with E-state index >= 15 is 0 Å². The van der Waals surface area contributed by atoms with Gasteiger partial charge in [0.25, 0.3) is 0 Å². The van der Waals surface area contributed by atoms with Crippen molar-refractivity contribution in [3.63, 3.8) is 0 Å². The van der Waals surface area contributed by atoms with Crippen LogP contribution in [0.15, 0.2) is 49.1 Å². The topological polar surface area (TPSA) is 65.7 Å². The summed E-state index contributed by atoms with van der Waals surface area (Å²) < 4.78 is 7.35. The van der Waals surface area contributed by atoms with E-state index in [4.69, 9.17) is 16.3 Å². The predicted molar refractivity (Wildman–Crippen MR) is 100 cm³/mol. The lowest BCUT2D eigenvalue weighted by molar-refractivity contribution is 0.410. The number of aromatic nitrogens is 5. The Balaban J connectivity index is 1.68. The highest BCUT2D eigenvalue weighted by atomic mass is 35.5. The van der Waals surface area contributed by atoms with Crippen molar-refractivity contribution in [1.82, 2.24) is 24.7 Å². The van der Waals surface area contributed by atoms with Crippen LogP contribution in [0.2, 0.25) is 5.15 Å². The third kappa shape index (κ3) is 3.11. The third-order valence-electron chi connectivity index (χ3n) is 4.18. The first-order valence-electron chi connectivity index (χ1n) is 8.06. The number of fused-ring (bicyclic) bond motifs is 1. The van der Waals surface area contributed by atoms with Crippen molar-refractivity contribution in [2.24, 2.45) is 7.05 Å². The molecule has 0 bridgehead atoms.